The Kier molecular flexibility index (Phi) is 4.91. The maximum atomic E-state index is 11.1. The highest BCUT2D eigenvalue weighted by Crippen LogP contribution is 2.34. The number of hydrogen-bond donors (Lipinski definition) is 2. The number of nitrogens with zero attached hydrogens (tertiary/aromatic N) is 2. The number of pyridine rings is 1. The Labute approximate surface area is 159 Å². The molecule has 0 radical (unpaired) electrons. The molecule has 0 aliphatic rings. The first kappa shape index (κ1) is 18.5. The summed E-state index contributed by atoms with van der Waals surface area (Å²) in [7, 11) is 0. The minimum Gasteiger partial charge on any atom is -0.465 e. The van der Waals surface area contributed by atoms with Gasteiger partial charge in [0.1, 0.15) is 6.20 Å². The summed E-state index contributed by atoms with van der Waals surface area (Å²) in [6.45, 7) is 3.55. The Balaban J connectivity index is 2.04. The fraction of sp³-hybridized carbons (Fsp3) is 0.158. The van der Waals surface area contributed by atoms with Gasteiger partial charge in [0.2, 0.25) is 0 Å². The molecule has 0 spiro atoms. The Morgan fingerprint density at radius 3 is 2.48 bits per heavy atom. The van der Waals surface area contributed by atoms with Crippen molar-refractivity contribution in [2.24, 2.45) is 0 Å². The van der Waals surface area contributed by atoms with E-state index in [0.29, 0.717) is 11.3 Å². The monoisotopic (exact) mass is 383 g/mol. The zero-order valence-corrected chi connectivity index (χ0v) is 15.5. The molecular formula is C19H17N3O4S. The number of nitro groups is 1. The second-order valence-electron chi connectivity index (χ2n) is 6.49. The maximum Gasteiger partial charge on any atom is 0.405 e. The largest absolute Gasteiger partial charge is 0.465 e. The first-order chi connectivity index (χ1) is 12.8. The molecule has 3 aromatic rings. The first-order valence-electron chi connectivity index (χ1n) is 8.07. The van der Waals surface area contributed by atoms with Crippen molar-refractivity contribution in [1.29, 1.82) is 0 Å². The third-order valence-electron chi connectivity index (χ3n) is 4.22. The van der Waals surface area contributed by atoms with Gasteiger partial charge in [0.25, 0.3) is 5.69 Å². The van der Waals surface area contributed by atoms with E-state index in [-0.39, 0.29) is 5.69 Å². The zero-order valence-electron chi connectivity index (χ0n) is 14.7. The summed E-state index contributed by atoms with van der Waals surface area (Å²) in [6, 6.07) is 10.7. The van der Waals surface area contributed by atoms with Crippen molar-refractivity contribution in [3.05, 3.63) is 69.0 Å². The lowest BCUT2D eigenvalue weighted by Gasteiger charge is -2.25. The van der Waals surface area contributed by atoms with E-state index in [4.69, 9.17) is 5.11 Å². The molecule has 0 bridgehead atoms. The van der Waals surface area contributed by atoms with E-state index in [0.717, 1.165) is 16.7 Å². The van der Waals surface area contributed by atoms with E-state index >= 15 is 0 Å². The van der Waals surface area contributed by atoms with Crippen LogP contribution < -0.4 is 5.32 Å². The number of rotatable bonds is 5. The molecule has 2 aromatic heterocycles. The zero-order chi connectivity index (χ0) is 19.6. The summed E-state index contributed by atoms with van der Waals surface area (Å²) in [5.74, 6) is 0. The minimum absolute atomic E-state index is 0.0663. The van der Waals surface area contributed by atoms with Crippen molar-refractivity contribution in [1.82, 2.24) is 10.3 Å². The van der Waals surface area contributed by atoms with Gasteiger partial charge in [0, 0.05) is 17.2 Å². The van der Waals surface area contributed by atoms with E-state index in [1.54, 1.807) is 13.8 Å². The molecule has 0 atom stereocenters. The molecule has 3 rings (SSSR count). The third-order valence-corrected chi connectivity index (χ3v) is 4.90. The van der Waals surface area contributed by atoms with Crippen molar-refractivity contribution in [3.63, 3.8) is 0 Å². The van der Waals surface area contributed by atoms with E-state index < -0.39 is 16.6 Å². The summed E-state index contributed by atoms with van der Waals surface area (Å²) in [6.07, 6.45) is 0.149. The number of carboxylic acid groups (broad SMARTS) is 1. The number of nitrogens with one attached hydrogen (secondary N) is 1. The van der Waals surface area contributed by atoms with Crippen LogP contribution in [0.5, 0.6) is 0 Å². The predicted molar refractivity (Wildman–Crippen MR) is 104 cm³/mol. The molecule has 0 saturated carbocycles. The molecule has 1 amide bonds. The summed E-state index contributed by atoms with van der Waals surface area (Å²) < 4.78 is 0. The lowest BCUT2D eigenvalue weighted by atomic mass is 9.92. The molecule has 0 fully saturated rings. The lowest BCUT2D eigenvalue weighted by molar-refractivity contribution is -0.385. The summed E-state index contributed by atoms with van der Waals surface area (Å²) in [5.41, 5.74) is 2.96. The highest BCUT2D eigenvalue weighted by Gasteiger charge is 2.23. The molecule has 0 unspecified atom stereocenters. The van der Waals surface area contributed by atoms with E-state index in [9.17, 15) is 14.9 Å². The molecule has 2 heterocycles. The van der Waals surface area contributed by atoms with Crippen LogP contribution in [0.2, 0.25) is 0 Å². The fourth-order valence-electron chi connectivity index (χ4n) is 2.81. The standard InChI is InChI=1S/C19H17N3O4S/c1-19(2,21-18(23)24)14-5-3-12(4-6-14)17-16(13-7-8-27-11-13)9-15(10-20-17)22(25)26/h3-11,21H,1-2H3,(H,23,24). The van der Waals surface area contributed by atoms with Crippen molar-refractivity contribution in [2.75, 3.05) is 0 Å². The third kappa shape index (κ3) is 3.95. The number of carbonyl (C=O) groups is 1. The normalized spacial score (nSPS) is 11.2. The van der Waals surface area contributed by atoms with Gasteiger partial charge in [-0.1, -0.05) is 24.3 Å². The van der Waals surface area contributed by atoms with Crippen LogP contribution in [-0.2, 0) is 5.54 Å². The maximum absolute atomic E-state index is 11.1. The van der Waals surface area contributed by atoms with Gasteiger partial charge in [-0.25, -0.2) is 9.78 Å². The van der Waals surface area contributed by atoms with Crippen molar-refractivity contribution in [3.8, 4) is 22.4 Å². The molecule has 0 aliphatic carbocycles. The van der Waals surface area contributed by atoms with Crippen LogP contribution >= 0.6 is 11.3 Å². The molecule has 7 nitrogen and oxygen atoms in total. The van der Waals surface area contributed by atoms with Crippen LogP contribution in [0.15, 0.2) is 53.4 Å². The van der Waals surface area contributed by atoms with Crippen molar-refractivity contribution in [2.45, 2.75) is 19.4 Å². The molecular weight excluding hydrogens is 366 g/mol. The number of aromatic nitrogens is 1. The van der Waals surface area contributed by atoms with Gasteiger partial charge < -0.3 is 10.4 Å². The quantitative estimate of drug-likeness (QED) is 0.482. The minimum atomic E-state index is -1.10. The Morgan fingerprint density at radius 2 is 1.93 bits per heavy atom. The second-order valence-corrected chi connectivity index (χ2v) is 7.27. The number of benzene rings is 1. The highest BCUT2D eigenvalue weighted by molar-refractivity contribution is 7.08. The predicted octanol–water partition coefficient (Wildman–Crippen LogP) is 4.89. The molecule has 27 heavy (non-hydrogen) atoms. The van der Waals surface area contributed by atoms with Crippen LogP contribution in [0.25, 0.3) is 22.4 Å². The lowest BCUT2D eigenvalue weighted by Crippen LogP contribution is -2.39. The topological polar surface area (TPSA) is 105 Å². The van der Waals surface area contributed by atoms with Crippen LogP contribution in [0.4, 0.5) is 10.5 Å². The first-order valence-corrected chi connectivity index (χ1v) is 9.01. The number of thiophene rings is 1. The van der Waals surface area contributed by atoms with Gasteiger partial charge in [-0.2, -0.15) is 11.3 Å². The van der Waals surface area contributed by atoms with E-state index in [1.807, 2.05) is 41.1 Å². The molecule has 0 aliphatic heterocycles. The van der Waals surface area contributed by atoms with E-state index in [1.165, 1.54) is 23.6 Å². The molecule has 138 valence electrons. The molecule has 0 saturated heterocycles. The van der Waals surface area contributed by atoms with E-state index in [2.05, 4.69) is 10.3 Å². The summed E-state index contributed by atoms with van der Waals surface area (Å²) in [4.78, 5) is 25.9. The number of amides is 1. The van der Waals surface area contributed by atoms with Gasteiger partial charge >= 0.3 is 6.09 Å². The number of hydrogen-bond acceptors (Lipinski definition) is 5. The van der Waals surface area contributed by atoms with Crippen molar-refractivity contribution < 1.29 is 14.8 Å². The van der Waals surface area contributed by atoms with Gasteiger partial charge in [0.15, 0.2) is 0 Å². The Bertz CT molecular complexity index is 983. The summed E-state index contributed by atoms with van der Waals surface area (Å²) >= 11 is 1.50. The van der Waals surface area contributed by atoms with Gasteiger partial charge in [0.05, 0.1) is 16.2 Å². The van der Waals surface area contributed by atoms with Crippen LogP contribution in [0.1, 0.15) is 19.4 Å². The summed E-state index contributed by atoms with van der Waals surface area (Å²) in [5, 5.41) is 26.4. The fourth-order valence-corrected chi connectivity index (χ4v) is 3.46. The molecule has 1 aromatic carbocycles. The molecule has 2 N–H and O–H groups in total. The highest BCUT2D eigenvalue weighted by atomic mass is 32.1. The Hall–Kier alpha value is -3.26. The van der Waals surface area contributed by atoms with Crippen LogP contribution in [0, 0.1) is 10.1 Å². The Morgan fingerprint density at radius 1 is 1.22 bits per heavy atom. The van der Waals surface area contributed by atoms with Crippen molar-refractivity contribution >= 4 is 23.1 Å². The second kappa shape index (κ2) is 7.16. The van der Waals surface area contributed by atoms with Crippen LogP contribution in [-0.4, -0.2) is 21.1 Å². The van der Waals surface area contributed by atoms with Gasteiger partial charge in [-0.15, -0.1) is 0 Å². The average molecular weight is 383 g/mol. The van der Waals surface area contributed by atoms with Crippen LogP contribution in [0.3, 0.4) is 0 Å². The van der Waals surface area contributed by atoms with Gasteiger partial charge in [-0.3, -0.25) is 10.1 Å². The smallest absolute Gasteiger partial charge is 0.405 e. The molecule has 8 heteroatoms. The van der Waals surface area contributed by atoms with Gasteiger partial charge in [-0.05, 0) is 41.8 Å². The SMILES string of the molecule is CC(C)(NC(=O)O)c1ccc(-c2ncc([N+](=O)[O-])cc2-c2ccsc2)cc1. The average Bonchev–Trinajstić information content (AvgIpc) is 3.15.